The molecule has 0 saturated heterocycles. The lowest BCUT2D eigenvalue weighted by molar-refractivity contribution is -0.384. The monoisotopic (exact) mass is 434 g/mol. The molecule has 0 heterocycles. The normalized spacial score (nSPS) is 10.5. The van der Waals surface area contributed by atoms with Gasteiger partial charge in [-0.05, 0) is 48.0 Å². The third kappa shape index (κ3) is 6.13. The zero-order valence-electron chi connectivity index (χ0n) is 16.6. The van der Waals surface area contributed by atoms with Gasteiger partial charge in [0, 0.05) is 17.8 Å². The van der Waals surface area contributed by atoms with Crippen LogP contribution in [0.25, 0.3) is 0 Å². The number of anilines is 1. The van der Waals surface area contributed by atoms with E-state index in [1.165, 1.54) is 42.6 Å². The average molecular weight is 434 g/mol. The Morgan fingerprint density at radius 2 is 1.81 bits per heavy atom. The number of benzene rings is 3. The molecular weight excluding hydrogens is 416 g/mol. The first-order chi connectivity index (χ1) is 15.4. The molecular formula is C22H18N4O6. The summed E-state index contributed by atoms with van der Waals surface area (Å²) in [6, 6.07) is 18.3. The molecule has 0 radical (unpaired) electrons. The summed E-state index contributed by atoms with van der Waals surface area (Å²) in [7, 11) is 0. The van der Waals surface area contributed by atoms with Gasteiger partial charge in [0.15, 0.2) is 6.61 Å². The van der Waals surface area contributed by atoms with Crippen LogP contribution in [0.15, 0.2) is 77.9 Å². The maximum absolute atomic E-state index is 12.0. The molecule has 0 aliphatic heterocycles. The van der Waals surface area contributed by atoms with Gasteiger partial charge >= 0.3 is 0 Å². The maximum atomic E-state index is 12.0. The van der Waals surface area contributed by atoms with Gasteiger partial charge in [0.2, 0.25) is 0 Å². The van der Waals surface area contributed by atoms with E-state index in [2.05, 4.69) is 15.8 Å². The Balaban J connectivity index is 1.48. The fourth-order valence-corrected chi connectivity index (χ4v) is 2.58. The summed E-state index contributed by atoms with van der Waals surface area (Å²) in [6.45, 7) is -0.285. The van der Waals surface area contributed by atoms with Crippen LogP contribution in [0, 0.1) is 10.1 Å². The Labute approximate surface area is 182 Å². The van der Waals surface area contributed by atoms with Gasteiger partial charge in [-0.3, -0.25) is 19.7 Å². The van der Waals surface area contributed by atoms with Gasteiger partial charge in [0.05, 0.1) is 16.7 Å². The van der Waals surface area contributed by atoms with E-state index < -0.39 is 16.7 Å². The van der Waals surface area contributed by atoms with Crippen molar-refractivity contribution in [2.45, 2.75) is 0 Å². The smallest absolute Gasteiger partial charge is 0.275 e. The lowest BCUT2D eigenvalue weighted by Gasteiger charge is -2.07. The predicted octanol–water partition coefficient (Wildman–Crippen LogP) is 3.08. The summed E-state index contributed by atoms with van der Waals surface area (Å²) >= 11 is 0. The first-order valence-corrected chi connectivity index (χ1v) is 9.31. The van der Waals surface area contributed by atoms with Crippen LogP contribution in [0.5, 0.6) is 11.5 Å². The minimum atomic E-state index is -0.548. The van der Waals surface area contributed by atoms with Crippen LogP contribution >= 0.6 is 0 Å². The summed E-state index contributed by atoms with van der Waals surface area (Å²) in [5.74, 6) is -0.733. The van der Waals surface area contributed by atoms with Crippen LogP contribution in [0.2, 0.25) is 0 Å². The SMILES string of the molecule is O=C(COc1ccc(C=NNC(=O)c2ccccc2O)cc1)Nc1cccc([N+](=O)[O-])c1. The first kappa shape index (κ1) is 22.0. The number of hydrazone groups is 1. The fraction of sp³-hybridized carbons (Fsp3) is 0.0455. The molecule has 0 fully saturated rings. The number of nitro groups is 1. The Hall–Kier alpha value is -4.73. The van der Waals surface area contributed by atoms with Crippen molar-refractivity contribution in [3.05, 3.63) is 94.0 Å². The molecule has 32 heavy (non-hydrogen) atoms. The van der Waals surface area contributed by atoms with Crippen molar-refractivity contribution in [2.75, 3.05) is 11.9 Å². The number of non-ortho nitro benzene ring substituents is 1. The number of hydrogen-bond donors (Lipinski definition) is 3. The molecule has 3 aromatic carbocycles. The van der Waals surface area contributed by atoms with E-state index in [0.29, 0.717) is 17.0 Å². The topological polar surface area (TPSA) is 143 Å². The summed E-state index contributed by atoms with van der Waals surface area (Å²) < 4.78 is 5.40. The number of nitrogens with one attached hydrogen (secondary N) is 2. The second-order valence-corrected chi connectivity index (χ2v) is 6.43. The van der Waals surface area contributed by atoms with Gasteiger partial charge in [-0.15, -0.1) is 0 Å². The molecule has 0 atom stereocenters. The van der Waals surface area contributed by atoms with Crippen molar-refractivity contribution in [1.82, 2.24) is 5.43 Å². The highest BCUT2D eigenvalue weighted by atomic mass is 16.6. The molecule has 10 heteroatoms. The Morgan fingerprint density at radius 3 is 2.53 bits per heavy atom. The fourth-order valence-electron chi connectivity index (χ4n) is 2.58. The molecule has 0 aromatic heterocycles. The molecule has 2 amide bonds. The largest absolute Gasteiger partial charge is 0.507 e. The van der Waals surface area contributed by atoms with Crippen molar-refractivity contribution in [3.63, 3.8) is 0 Å². The molecule has 3 N–H and O–H groups in total. The van der Waals surface area contributed by atoms with Crippen LogP contribution in [0.3, 0.4) is 0 Å². The molecule has 3 aromatic rings. The number of phenolic OH excluding ortho intramolecular Hbond substituents is 1. The molecule has 0 aliphatic carbocycles. The second kappa shape index (κ2) is 10.3. The lowest BCUT2D eigenvalue weighted by atomic mass is 10.2. The number of phenols is 1. The van der Waals surface area contributed by atoms with Crippen LogP contribution in [0.1, 0.15) is 15.9 Å². The summed E-state index contributed by atoms with van der Waals surface area (Å²) in [6.07, 6.45) is 1.41. The Kier molecular flexibility index (Phi) is 7.10. The lowest BCUT2D eigenvalue weighted by Crippen LogP contribution is -2.20. The number of ether oxygens (including phenoxy) is 1. The van der Waals surface area contributed by atoms with Gasteiger partial charge in [0.25, 0.3) is 17.5 Å². The van der Waals surface area contributed by atoms with Crippen molar-refractivity contribution in [2.24, 2.45) is 5.10 Å². The summed E-state index contributed by atoms with van der Waals surface area (Å²) in [5, 5.41) is 26.8. The minimum Gasteiger partial charge on any atom is -0.507 e. The zero-order valence-corrected chi connectivity index (χ0v) is 16.6. The van der Waals surface area contributed by atoms with Crippen molar-refractivity contribution < 1.29 is 24.4 Å². The van der Waals surface area contributed by atoms with E-state index in [-0.39, 0.29) is 23.6 Å². The van der Waals surface area contributed by atoms with Crippen LogP contribution in [-0.4, -0.2) is 34.7 Å². The number of amides is 2. The van der Waals surface area contributed by atoms with E-state index in [0.717, 1.165) is 0 Å². The number of nitro benzene ring substituents is 1. The number of nitrogens with zero attached hydrogens (tertiary/aromatic N) is 2. The molecule has 0 saturated carbocycles. The van der Waals surface area contributed by atoms with E-state index in [1.54, 1.807) is 36.4 Å². The summed E-state index contributed by atoms with van der Waals surface area (Å²) in [4.78, 5) is 34.2. The number of hydrogen-bond acceptors (Lipinski definition) is 7. The van der Waals surface area contributed by atoms with Crippen LogP contribution < -0.4 is 15.5 Å². The highest BCUT2D eigenvalue weighted by Gasteiger charge is 2.10. The average Bonchev–Trinajstić information content (AvgIpc) is 2.79. The number of carbonyl (C=O) groups excluding carboxylic acids is 2. The third-order valence-electron chi connectivity index (χ3n) is 4.12. The molecule has 0 spiro atoms. The highest BCUT2D eigenvalue weighted by molar-refractivity contribution is 5.97. The van der Waals surface area contributed by atoms with Gasteiger partial charge in [-0.1, -0.05) is 18.2 Å². The van der Waals surface area contributed by atoms with Crippen molar-refractivity contribution in [3.8, 4) is 11.5 Å². The Bertz CT molecular complexity index is 1160. The number of para-hydroxylation sites is 1. The van der Waals surface area contributed by atoms with Gasteiger partial charge in [-0.2, -0.15) is 5.10 Å². The molecule has 0 bridgehead atoms. The number of carbonyl (C=O) groups is 2. The second-order valence-electron chi connectivity index (χ2n) is 6.43. The standard InChI is InChI=1S/C22H18N4O6/c27-20-7-2-1-6-19(20)22(29)25-23-13-15-8-10-18(11-9-15)32-14-21(28)24-16-4-3-5-17(12-16)26(30)31/h1-13,27H,14H2,(H,24,28)(H,25,29). The van der Waals surface area contributed by atoms with Crippen molar-refractivity contribution in [1.29, 1.82) is 0 Å². The number of aromatic hydroxyl groups is 1. The number of rotatable bonds is 8. The quantitative estimate of drug-likeness (QED) is 0.282. The van der Waals surface area contributed by atoms with Crippen LogP contribution in [-0.2, 0) is 4.79 Å². The van der Waals surface area contributed by atoms with E-state index in [4.69, 9.17) is 4.74 Å². The summed E-state index contributed by atoms with van der Waals surface area (Å²) in [5.41, 5.74) is 3.26. The Morgan fingerprint density at radius 1 is 1.06 bits per heavy atom. The van der Waals surface area contributed by atoms with Gasteiger partial charge < -0.3 is 15.2 Å². The maximum Gasteiger partial charge on any atom is 0.275 e. The van der Waals surface area contributed by atoms with E-state index >= 15 is 0 Å². The van der Waals surface area contributed by atoms with Crippen molar-refractivity contribution >= 4 is 29.4 Å². The van der Waals surface area contributed by atoms with Gasteiger partial charge in [0.1, 0.15) is 11.5 Å². The molecule has 162 valence electrons. The molecule has 3 rings (SSSR count). The highest BCUT2D eigenvalue weighted by Crippen LogP contribution is 2.17. The van der Waals surface area contributed by atoms with Crippen LogP contribution in [0.4, 0.5) is 11.4 Å². The van der Waals surface area contributed by atoms with E-state index in [9.17, 15) is 24.8 Å². The van der Waals surface area contributed by atoms with Gasteiger partial charge in [-0.25, -0.2) is 5.43 Å². The van der Waals surface area contributed by atoms with E-state index in [1.807, 2.05) is 0 Å². The zero-order chi connectivity index (χ0) is 22.9. The molecule has 0 aliphatic rings. The third-order valence-corrected chi connectivity index (χ3v) is 4.12. The minimum absolute atomic E-state index is 0.108. The molecule has 0 unspecified atom stereocenters. The molecule has 10 nitrogen and oxygen atoms in total. The predicted molar refractivity (Wildman–Crippen MR) is 117 cm³/mol. The first-order valence-electron chi connectivity index (χ1n) is 9.31.